The van der Waals surface area contributed by atoms with E-state index in [1.807, 2.05) is 42.5 Å². The van der Waals surface area contributed by atoms with Gasteiger partial charge in [-0.3, -0.25) is 4.79 Å². The lowest BCUT2D eigenvalue weighted by Gasteiger charge is -2.29. The van der Waals surface area contributed by atoms with Gasteiger partial charge in [-0.15, -0.1) is 11.3 Å². The number of halogens is 2. The number of thiophene rings is 1. The van der Waals surface area contributed by atoms with E-state index in [9.17, 15) is 9.59 Å². The Balaban J connectivity index is 0.00000562. The monoisotopic (exact) mass is 743 g/mol. The SMILES string of the molecule is COc1ccc([C@H](Cc2c(Cl)c[nH+]cc2Cl)OC(=O)c2ccc(CNCC(C(=O)OCC3CCN(C)CC3)c3ccccc3)s2)cc1OC.[OH-]. The highest BCUT2D eigenvalue weighted by Gasteiger charge is 2.26. The number of likely N-dealkylation sites (tertiary alicyclic amines) is 1. The Morgan fingerprint density at radius 3 is 2.34 bits per heavy atom. The van der Waals surface area contributed by atoms with E-state index in [2.05, 4.69) is 22.2 Å². The maximum atomic E-state index is 13.5. The molecule has 2 aromatic heterocycles. The molecule has 0 bridgehead atoms. The number of pyridine rings is 1. The van der Waals surface area contributed by atoms with Crippen LogP contribution in [0.3, 0.4) is 0 Å². The van der Waals surface area contributed by atoms with Crippen LogP contribution < -0.4 is 19.8 Å². The maximum absolute atomic E-state index is 13.5. The normalized spacial score (nSPS) is 14.7. The number of aromatic nitrogens is 1. The first-order chi connectivity index (χ1) is 23.7. The van der Waals surface area contributed by atoms with Crippen molar-refractivity contribution in [3.05, 3.63) is 110 Å². The van der Waals surface area contributed by atoms with E-state index in [0.29, 0.717) is 63.2 Å². The van der Waals surface area contributed by atoms with Crippen molar-refractivity contribution in [3.63, 3.8) is 0 Å². The molecule has 1 unspecified atom stereocenters. The topological polar surface area (TPSA) is 130 Å². The summed E-state index contributed by atoms with van der Waals surface area (Å²) < 4.78 is 22.8. The first-order valence-electron chi connectivity index (χ1n) is 16.2. The van der Waals surface area contributed by atoms with Crippen LogP contribution >= 0.6 is 34.5 Å². The molecule has 1 aliphatic rings. The van der Waals surface area contributed by atoms with E-state index < -0.39 is 18.0 Å². The molecule has 3 N–H and O–H groups in total. The van der Waals surface area contributed by atoms with Crippen molar-refractivity contribution >= 4 is 46.5 Å². The molecule has 4 aromatic rings. The van der Waals surface area contributed by atoms with Gasteiger partial charge in [0.05, 0.1) is 26.7 Å². The third kappa shape index (κ3) is 10.4. The molecule has 5 rings (SSSR count). The largest absolute Gasteiger partial charge is 0.870 e. The van der Waals surface area contributed by atoms with E-state index in [1.54, 1.807) is 44.8 Å². The van der Waals surface area contributed by atoms with Crippen molar-refractivity contribution in [2.75, 3.05) is 47.5 Å². The molecule has 268 valence electrons. The van der Waals surface area contributed by atoms with Gasteiger partial charge >= 0.3 is 11.9 Å². The fourth-order valence-electron chi connectivity index (χ4n) is 5.80. The molecule has 0 radical (unpaired) electrons. The number of hydrogen-bond donors (Lipinski definition) is 1. The van der Waals surface area contributed by atoms with Crippen LogP contribution in [0.4, 0.5) is 0 Å². The van der Waals surface area contributed by atoms with Gasteiger partial charge in [0, 0.05) is 30.0 Å². The summed E-state index contributed by atoms with van der Waals surface area (Å²) in [6.07, 6.45) is 4.84. The predicted molar refractivity (Wildman–Crippen MR) is 193 cm³/mol. The number of rotatable bonds is 15. The zero-order valence-electron chi connectivity index (χ0n) is 28.3. The zero-order chi connectivity index (χ0) is 34.8. The summed E-state index contributed by atoms with van der Waals surface area (Å²) in [5.74, 6) is 0.283. The van der Waals surface area contributed by atoms with Gasteiger partial charge in [-0.05, 0) is 74.3 Å². The van der Waals surface area contributed by atoms with Crippen LogP contribution in [0.1, 0.15) is 56.1 Å². The van der Waals surface area contributed by atoms with Crippen molar-refractivity contribution in [1.29, 1.82) is 0 Å². The van der Waals surface area contributed by atoms with Gasteiger partial charge in [-0.1, -0.05) is 59.6 Å². The molecular weight excluding hydrogens is 701 g/mol. The van der Waals surface area contributed by atoms with Crippen LogP contribution in [0.2, 0.25) is 10.0 Å². The minimum atomic E-state index is -0.722. The number of nitrogens with zero attached hydrogens (tertiary/aromatic N) is 1. The lowest BCUT2D eigenvalue weighted by Crippen LogP contribution is -2.34. The molecule has 0 saturated carbocycles. The highest BCUT2D eigenvalue weighted by molar-refractivity contribution is 7.13. The number of carbonyl (C=O) groups is 2. The number of piperidine rings is 1. The Bertz CT molecular complexity index is 1680. The fourth-order valence-corrected chi connectivity index (χ4v) is 7.19. The van der Waals surface area contributed by atoms with Crippen molar-refractivity contribution in [3.8, 4) is 11.5 Å². The molecule has 2 aromatic carbocycles. The number of nitrogens with one attached hydrogen (secondary N) is 2. The molecule has 50 heavy (non-hydrogen) atoms. The average Bonchev–Trinajstić information content (AvgIpc) is 3.60. The quantitative estimate of drug-likeness (QED) is 0.134. The summed E-state index contributed by atoms with van der Waals surface area (Å²) in [7, 11) is 5.22. The van der Waals surface area contributed by atoms with Gasteiger partial charge < -0.3 is 34.6 Å². The number of methoxy groups -OCH3 is 2. The van der Waals surface area contributed by atoms with E-state index in [0.717, 1.165) is 36.4 Å². The zero-order valence-corrected chi connectivity index (χ0v) is 30.7. The molecule has 2 atom stereocenters. The number of carbonyl (C=O) groups excluding carboxylic acids is 2. The summed E-state index contributed by atoms with van der Waals surface area (Å²) in [6.45, 7) is 3.35. The number of H-pyrrole nitrogens is 1. The lowest BCUT2D eigenvalue weighted by molar-refractivity contribution is -0.377. The average molecular weight is 745 g/mol. The second-order valence-corrected chi connectivity index (χ2v) is 14.1. The number of esters is 2. The Kier molecular flexibility index (Phi) is 14.9. The van der Waals surface area contributed by atoms with Crippen LogP contribution in [0, 0.1) is 5.92 Å². The lowest BCUT2D eigenvalue weighted by atomic mass is 9.97. The van der Waals surface area contributed by atoms with E-state index in [1.165, 1.54) is 11.3 Å². The second-order valence-electron chi connectivity index (χ2n) is 12.1. The van der Waals surface area contributed by atoms with Crippen LogP contribution in [-0.2, 0) is 27.2 Å². The summed E-state index contributed by atoms with van der Waals surface area (Å²) in [5.41, 5.74) is 2.24. The maximum Gasteiger partial charge on any atom is 0.348 e. The van der Waals surface area contributed by atoms with Crippen LogP contribution in [0.25, 0.3) is 0 Å². The molecule has 3 heterocycles. The first kappa shape index (κ1) is 39.1. The van der Waals surface area contributed by atoms with Gasteiger partial charge in [0.1, 0.15) is 21.0 Å². The van der Waals surface area contributed by atoms with Gasteiger partial charge in [0.25, 0.3) is 0 Å². The molecular formula is C37H43Cl2N3O7S. The third-order valence-electron chi connectivity index (χ3n) is 8.71. The van der Waals surface area contributed by atoms with E-state index in [4.69, 9.17) is 42.1 Å². The molecule has 13 heteroatoms. The molecule has 1 fully saturated rings. The summed E-state index contributed by atoms with van der Waals surface area (Å²) >= 11 is 14.3. The van der Waals surface area contributed by atoms with Gasteiger partial charge in [-0.2, -0.15) is 0 Å². The summed E-state index contributed by atoms with van der Waals surface area (Å²) in [6, 6.07) is 18.7. The Morgan fingerprint density at radius 2 is 1.66 bits per heavy atom. The minimum absolute atomic E-state index is 0. The van der Waals surface area contributed by atoms with Gasteiger partial charge in [0.15, 0.2) is 23.9 Å². The number of hydrogen-bond acceptors (Lipinski definition) is 10. The highest BCUT2D eigenvalue weighted by atomic mass is 35.5. The van der Waals surface area contributed by atoms with Crippen LogP contribution in [0.5, 0.6) is 11.5 Å². The predicted octanol–water partition coefficient (Wildman–Crippen LogP) is 6.61. The number of benzene rings is 2. The molecule has 10 nitrogen and oxygen atoms in total. The van der Waals surface area contributed by atoms with Crippen molar-refractivity contribution in [2.45, 2.75) is 37.8 Å². The highest BCUT2D eigenvalue weighted by Crippen LogP contribution is 2.36. The molecule has 1 aliphatic heterocycles. The molecule has 1 saturated heterocycles. The molecule has 0 aliphatic carbocycles. The smallest absolute Gasteiger partial charge is 0.348 e. The number of ether oxygens (including phenoxy) is 4. The Labute approximate surface area is 306 Å². The first-order valence-corrected chi connectivity index (χ1v) is 17.8. The van der Waals surface area contributed by atoms with Crippen LogP contribution in [-0.4, -0.2) is 69.8 Å². The fraction of sp³-hybridized carbons (Fsp3) is 0.378. The molecule has 0 spiro atoms. The van der Waals surface area contributed by atoms with E-state index >= 15 is 0 Å². The third-order valence-corrected chi connectivity index (χ3v) is 10.5. The standard InChI is InChI=1S/C37H41Cl2N3O6S.H2O/c1-42-15-13-24(14-16-42)23-47-36(43)29(25-7-5-4-6-8-25)20-40-19-27-10-12-35(49-27)37(44)48-33(18-28-30(38)21-41-22-31(28)39)26-9-11-32(45-2)34(17-26)46-3;/h4-12,17,21-22,24,29,33,40H,13-16,18-20,23H2,1-3H3;1H2/t29?,33-;/m0./s1. The Hall–Kier alpha value is -3.71. The van der Waals surface area contributed by atoms with Gasteiger partial charge in [-0.25, -0.2) is 9.78 Å². The van der Waals surface area contributed by atoms with Crippen molar-refractivity contribution in [1.82, 2.24) is 10.2 Å². The Morgan fingerprint density at radius 1 is 0.960 bits per heavy atom. The van der Waals surface area contributed by atoms with Crippen molar-refractivity contribution in [2.24, 2.45) is 5.92 Å². The summed E-state index contributed by atoms with van der Waals surface area (Å²) in [4.78, 5) is 33.4. The number of aromatic amines is 1. The second kappa shape index (κ2) is 19.1. The summed E-state index contributed by atoms with van der Waals surface area (Å²) in [5, 5.41) is 4.26. The van der Waals surface area contributed by atoms with Gasteiger partial charge in [0.2, 0.25) is 0 Å². The minimum Gasteiger partial charge on any atom is -0.870 e. The van der Waals surface area contributed by atoms with E-state index in [-0.39, 0.29) is 17.9 Å². The van der Waals surface area contributed by atoms with Crippen LogP contribution in [0.15, 0.2) is 73.1 Å². The molecule has 0 amide bonds. The van der Waals surface area contributed by atoms with Crippen molar-refractivity contribution < 1.29 is 39.0 Å².